The first kappa shape index (κ1) is 16.4. The molecule has 0 amide bonds. The largest absolute Gasteiger partial charge is 0.497 e. The average Bonchev–Trinajstić information content (AvgIpc) is 3.12. The van der Waals surface area contributed by atoms with E-state index < -0.39 is 0 Å². The number of ether oxygens (including phenoxy) is 1. The van der Waals surface area contributed by atoms with E-state index in [-0.39, 0.29) is 0 Å². The van der Waals surface area contributed by atoms with Gasteiger partial charge in [-0.15, -0.1) is 0 Å². The molecule has 0 aliphatic heterocycles. The third-order valence-electron chi connectivity index (χ3n) is 4.02. The van der Waals surface area contributed by atoms with Crippen LogP contribution in [0.4, 0.5) is 5.82 Å². The van der Waals surface area contributed by atoms with Crippen LogP contribution in [0.5, 0.6) is 5.75 Å². The molecule has 0 aliphatic carbocycles. The molecule has 1 N–H and O–H groups in total. The zero-order valence-corrected chi connectivity index (χ0v) is 14.7. The molecule has 0 fully saturated rings. The fraction of sp³-hybridized carbons (Fsp3) is 0.105. The van der Waals surface area contributed by atoms with Crippen LogP contribution in [0.2, 0.25) is 5.02 Å². The molecule has 2 heterocycles. The summed E-state index contributed by atoms with van der Waals surface area (Å²) in [5.41, 5.74) is 2.90. The molecule has 2 aromatic heterocycles. The van der Waals surface area contributed by atoms with E-state index in [0.29, 0.717) is 34.2 Å². The van der Waals surface area contributed by atoms with E-state index in [2.05, 4.69) is 20.4 Å². The summed E-state index contributed by atoms with van der Waals surface area (Å²) in [7, 11) is 1.62. The first-order valence-corrected chi connectivity index (χ1v) is 8.36. The van der Waals surface area contributed by atoms with Crippen molar-refractivity contribution in [1.29, 1.82) is 0 Å². The van der Waals surface area contributed by atoms with Crippen molar-refractivity contribution in [2.24, 2.45) is 0 Å². The number of halogens is 1. The van der Waals surface area contributed by atoms with Gasteiger partial charge in [-0.3, -0.25) is 0 Å². The zero-order chi connectivity index (χ0) is 17.9. The van der Waals surface area contributed by atoms with Gasteiger partial charge in [-0.05, 0) is 23.8 Å². The Morgan fingerprint density at radius 2 is 2.00 bits per heavy atom. The third kappa shape index (κ3) is 3.07. The lowest BCUT2D eigenvalue weighted by Crippen LogP contribution is -2.03. The zero-order valence-electron chi connectivity index (χ0n) is 13.9. The Bertz CT molecular complexity index is 1060. The van der Waals surface area contributed by atoms with Gasteiger partial charge in [-0.1, -0.05) is 47.1 Å². The van der Waals surface area contributed by atoms with Crippen LogP contribution < -0.4 is 10.1 Å². The average molecular weight is 367 g/mol. The molecular formula is C19H15ClN4O2. The van der Waals surface area contributed by atoms with Gasteiger partial charge in [0.25, 0.3) is 5.71 Å². The number of fused-ring (bicyclic) bond motifs is 1. The maximum absolute atomic E-state index is 6.23. The lowest BCUT2D eigenvalue weighted by Gasteiger charge is -2.08. The predicted molar refractivity (Wildman–Crippen MR) is 100 cm³/mol. The number of benzene rings is 2. The van der Waals surface area contributed by atoms with Crippen LogP contribution in [0.25, 0.3) is 22.4 Å². The Morgan fingerprint density at radius 3 is 2.85 bits per heavy atom. The number of hydrogen-bond acceptors (Lipinski definition) is 6. The molecule has 0 unspecified atom stereocenters. The third-order valence-corrected chi connectivity index (χ3v) is 4.39. The Balaban J connectivity index is 1.73. The number of nitrogens with one attached hydrogen (secondary N) is 1. The van der Waals surface area contributed by atoms with Crippen LogP contribution in [0.3, 0.4) is 0 Å². The molecule has 0 atom stereocenters. The number of hydrogen-bond donors (Lipinski definition) is 1. The quantitative estimate of drug-likeness (QED) is 0.558. The van der Waals surface area contributed by atoms with Crippen molar-refractivity contribution >= 4 is 28.5 Å². The highest BCUT2D eigenvalue weighted by atomic mass is 35.5. The number of aromatic nitrogens is 3. The normalized spacial score (nSPS) is 10.8. The van der Waals surface area contributed by atoms with Crippen LogP contribution in [0.1, 0.15) is 5.56 Å². The van der Waals surface area contributed by atoms with Crippen molar-refractivity contribution in [3.8, 4) is 17.0 Å². The molecule has 0 saturated heterocycles. The molecule has 130 valence electrons. The van der Waals surface area contributed by atoms with Gasteiger partial charge in [0.15, 0.2) is 0 Å². The molecule has 0 bridgehead atoms. The standard InChI is InChI=1S/C19H15ClN4O2/c1-25-14-7-4-6-12(9-14)17-16-18(22-11-23-19(16)26-24-17)21-10-13-5-2-3-8-15(13)20/h2-9,11H,10H2,1H3,(H,21,22,23). The second kappa shape index (κ2) is 7.01. The van der Waals surface area contributed by atoms with Gasteiger partial charge in [0.2, 0.25) is 0 Å². The summed E-state index contributed by atoms with van der Waals surface area (Å²) in [6, 6.07) is 15.3. The van der Waals surface area contributed by atoms with Crippen molar-refractivity contribution < 1.29 is 9.26 Å². The minimum atomic E-state index is 0.416. The van der Waals surface area contributed by atoms with Crippen molar-refractivity contribution in [3.63, 3.8) is 0 Å². The van der Waals surface area contributed by atoms with E-state index in [1.54, 1.807) is 7.11 Å². The molecule has 0 saturated carbocycles. The van der Waals surface area contributed by atoms with Crippen molar-refractivity contribution in [3.05, 3.63) is 65.4 Å². The smallest absolute Gasteiger partial charge is 0.263 e. The molecule has 7 heteroatoms. The van der Waals surface area contributed by atoms with Gasteiger partial charge in [-0.2, -0.15) is 4.98 Å². The lowest BCUT2D eigenvalue weighted by atomic mass is 10.1. The van der Waals surface area contributed by atoms with E-state index in [1.807, 2.05) is 48.5 Å². The number of nitrogens with zero attached hydrogens (tertiary/aromatic N) is 3. The molecule has 0 aliphatic rings. The molecular weight excluding hydrogens is 352 g/mol. The number of rotatable bonds is 5. The van der Waals surface area contributed by atoms with Crippen LogP contribution in [-0.4, -0.2) is 22.2 Å². The Morgan fingerprint density at radius 1 is 1.12 bits per heavy atom. The summed E-state index contributed by atoms with van der Waals surface area (Å²) in [5.74, 6) is 1.37. The highest BCUT2D eigenvalue weighted by molar-refractivity contribution is 6.31. The van der Waals surface area contributed by atoms with Crippen LogP contribution >= 0.6 is 11.6 Å². The van der Waals surface area contributed by atoms with Crippen molar-refractivity contribution in [1.82, 2.24) is 15.1 Å². The summed E-state index contributed by atoms with van der Waals surface area (Å²) in [6.07, 6.45) is 1.44. The van der Waals surface area contributed by atoms with Crippen LogP contribution in [0, 0.1) is 0 Å². The van der Waals surface area contributed by atoms with Crippen molar-refractivity contribution in [2.45, 2.75) is 6.54 Å². The summed E-state index contributed by atoms with van der Waals surface area (Å²) < 4.78 is 10.7. The highest BCUT2D eigenvalue weighted by Gasteiger charge is 2.17. The maximum Gasteiger partial charge on any atom is 0.263 e. The van der Waals surface area contributed by atoms with E-state index in [1.165, 1.54) is 6.33 Å². The molecule has 0 spiro atoms. The summed E-state index contributed by atoms with van der Waals surface area (Å²) >= 11 is 6.23. The molecule has 26 heavy (non-hydrogen) atoms. The number of anilines is 1. The molecule has 6 nitrogen and oxygen atoms in total. The Labute approximate surface area is 154 Å². The van der Waals surface area contributed by atoms with E-state index >= 15 is 0 Å². The lowest BCUT2D eigenvalue weighted by molar-refractivity contribution is 0.415. The fourth-order valence-corrected chi connectivity index (χ4v) is 2.91. The topological polar surface area (TPSA) is 73.1 Å². The van der Waals surface area contributed by atoms with Gasteiger partial charge in [0.1, 0.15) is 29.0 Å². The van der Waals surface area contributed by atoms with Crippen LogP contribution in [-0.2, 0) is 6.54 Å². The van der Waals surface area contributed by atoms with Crippen molar-refractivity contribution in [2.75, 3.05) is 12.4 Å². The minimum absolute atomic E-state index is 0.416. The fourth-order valence-electron chi connectivity index (χ4n) is 2.71. The van der Waals surface area contributed by atoms with Gasteiger partial charge >= 0.3 is 0 Å². The second-order valence-corrected chi connectivity index (χ2v) is 6.02. The Hall–Kier alpha value is -3.12. The molecule has 4 aromatic rings. The Kier molecular flexibility index (Phi) is 4.41. The second-order valence-electron chi connectivity index (χ2n) is 5.61. The molecule has 4 rings (SSSR count). The van der Waals surface area contributed by atoms with Gasteiger partial charge in [-0.25, -0.2) is 4.98 Å². The highest BCUT2D eigenvalue weighted by Crippen LogP contribution is 2.33. The maximum atomic E-state index is 6.23. The minimum Gasteiger partial charge on any atom is -0.497 e. The first-order chi connectivity index (χ1) is 12.8. The van der Waals surface area contributed by atoms with E-state index in [4.69, 9.17) is 20.9 Å². The SMILES string of the molecule is COc1cccc(-c2noc3ncnc(NCc4ccccc4Cl)c23)c1. The summed E-state index contributed by atoms with van der Waals surface area (Å²) in [5, 5.41) is 8.89. The van der Waals surface area contributed by atoms with Gasteiger partial charge < -0.3 is 14.6 Å². The molecule has 0 radical (unpaired) electrons. The van der Waals surface area contributed by atoms with Gasteiger partial charge in [0.05, 0.1) is 7.11 Å². The van der Waals surface area contributed by atoms with E-state index in [9.17, 15) is 0 Å². The monoisotopic (exact) mass is 366 g/mol. The number of methoxy groups -OCH3 is 1. The first-order valence-electron chi connectivity index (χ1n) is 7.98. The van der Waals surface area contributed by atoms with E-state index in [0.717, 1.165) is 16.9 Å². The van der Waals surface area contributed by atoms with Gasteiger partial charge in [0, 0.05) is 17.1 Å². The summed E-state index contributed by atoms with van der Waals surface area (Å²) in [6.45, 7) is 0.522. The van der Waals surface area contributed by atoms with Crippen LogP contribution in [0.15, 0.2) is 59.4 Å². The molecule has 2 aromatic carbocycles. The predicted octanol–water partition coefficient (Wildman–Crippen LogP) is 4.56. The summed E-state index contributed by atoms with van der Waals surface area (Å²) in [4.78, 5) is 8.52.